The SMILES string of the molecule is OC[C@@H]1O[C@@H](OC2CC3C(O)CC(O)CC3[OH+]C2C2CC(O)C(O)C(O)C2)[C@@H](O)[C@H](O)[C@H]1O. The van der Waals surface area contributed by atoms with E-state index in [1.54, 1.807) is 0 Å². The molecule has 2 saturated heterocycles. The van der Waals surface area contributed by atoms with Gasteiger partial charge in [-0.2, -0.15) is 0 Å². The Morgan fingerprint density at radius 1 is 0.727 bits per heavy atom. The molecule has 4 fully saturated rings. The van der Waals surface area contributed by atoms with E-state index in [0.717, 1.165) is 0 Å². The Morgan fingerprint density at radius 2 is 1.39 bits per heavy atom. The van der Waals surface area contributed by atoms with Gasteiger partial charge in [0.2, 0.25) is 0 Å². The molecule has 0 spiro atoms. The molecule has 2 heterocycles. The average Bonchev–Trinajstić information content (AvgIpc) is 2.77. The Bertz CT molecular complexity index is 639. The third-order valence-corrected chi connectivity index (χ3v) is 7.78. The lowest BCUT2D eigenvalue weighted by atomic mass is 9.72. The molecule has 8 unspecified atom stereocenters. The van der Waals surface area contributed by atoms with E-state index in [4.69, 9.17) is 14.2 Å². The van der Waals surface area contributed by atoms with Crippen LogP contribution in [0.2, 0.25) is 0 Å². The molecule has 2 saturated carbocycles. The number of fused-ring (bicyclic) bond motifs is 1. The Kier molecular flexibility index (Phi) is 7.95. The first kappa shape index (κ1) is 25.6. The van der Waals surface area contributed by atoms with Crippen molar-refractivity contribution < 1.29 is 60.2 Å². The van der Waals surface area contributed by atoms with Crippen molar-refractivity contribution in [2.24, 2.45) is 11.8 Å². The molecule has 12 nitrogen and oxygen atoms in total. The normalized spacial score (nSPS) is 55.7. The van der Waals surface area contributed by atoms with Gasteiger partial charge >= 0.3 is 0 Å². The second kappa shape index (κ2) is 10.2. The summed E-state index contributed by atoms with van der Waals surface area (Å²) in [6.07, 6.45) is -13.1. The van der Waals surface area contributed by atoms with Crippen LogP contribution in [0.3, 0.4) is 0 Å². The minimum absolute atomic E-state index is 0.142. The summed E-state index contributed by atoms with van der Waals surface area (Å²) in [5, 5.41) is 91.1. The van der Waals surface area contributed by atoms with Gasteiger partial charge in [-0.15, -0.1) is 0 Å². The Balaban J connectivity index is 1.56. The highest BCUT2D eigenvalue weighted by Gasteiger charge is 2.55. The minimum atomic E-state index is -1.61. The summed E-state index contributed by atoms with van der Waals surface area (Å²) < 4.78 is 16.3. The molecule has 4 aliphatic rings. The van der Waals surface area contributed by atoms with Gasteiger partial charge in [-0.3, -0.25) is 0 Å². The van der Waals surface area contributed by atoms with Crippen molar-refractivity contribution in [1.82, 2.24) is 0 Å². The molecule has 0 bridgehead atoms. The Labute approximate surface area is 191 Å². The average molecular weight is 482 g/mol. The fourth-order valence-electron chi connectivity index (χ4n) is 5.91. The van der Waals surface area contributed by atoms with Gasteiger partial charge < -0.3 is 60.2 Å². The summed E-state index contributed by atoms with van der Waals surface area (Å²) in [5.74, 6) is -0.728. The zero-order valence-corrected chi connectivity index (χ0v) is 18.2. The van der Waals surface area contributed by atoms with Gasteiger partial charge in [0.25, 0.3) is 0 Å². The van der Waals surface area contributed by atoms with Crippen LogP contribution in [0.15, 0.2) is 0 Å². The van der Waals surface area contributed by atoms with E-state index in [2.05, 4.69) is 0 Å². The molecular weight excluding hydrogens is 444 g/mol. The van der Waals surface area contributed by atoms with Gasteiger partial charge in [0.1, 0.15) is 36.6 Å². The van der Waals surface area contributed by atoms with Crippen LogP contribution in [0.5, 0.6) is 0 Å². The van der Waals surface area contributed by atoms with Gasteiger partial charge in [-0.05, 0) is 19.3 Å². The van der Waals surface area contributed by atoms with Gasteiger partial charge in [-0.1, -0.05) is 0 Å². The highest BCUT2D eigenvalue weighted by molar-refractivity contribution is 4.99. The lowest BCUT2D eigenvalue weighted by Gasteiger charge is -2.48. The van der Waals surface area contributed by atoms with Gasteiger partial charge in [0.05, 0.1) is 36.9 Å². The lowest BCUT2D eigenvalue weighted by molar-refractivity contribution is -0.357. The van der Waals surface area contributed by atoms with Crippen molar-refractivity contribution in [3.05, 3.63) is 0 Å². The Morgan fingerprint density at radius 3 is 2.03 bits per heavy atom. The zero-order chi connectivity index (χ0) is 24.0. The predicted octanol–water partition coefficient (Wildman–Crippen LogP) is -4.54. The van der Waals surface area contributed by atoms with Crippen molar-refractivity contribution >= 4 is 0 Å². The van der Waals surface area contributed by atoms with E-state index in [0.29, 0.717) is 6.42 Å². The zero-order valence-electron chi connectivity index (χ0n) is 18.2. The maximum atomic E-state index is 10.5. The van der Waals surface area contributed by atoms with Gasteiger partial charge in [0, 0.05) is 18.8 Å². The van der Waals surface area contributed by atoms with Crippen LogP contribution >= 0.6 is 0 Å². The van der Waals surface area contributed by atoms with Crippen LogP contribution in [0, 0.1) is 11.8 Å². The number of aliphatic hydroxyl groups excluding tert-OH is 9. The van der Waals surface area contributed by atoms with Crippen LogP contribution in [0.4, 0.5) is 0 Å². The predicted molar refractivity (Wildman–Crippen MR) is 109 cm³/mol. The Hall–Kier alpha value is -0.480. The van der Waals surface area contributed by atoms with Crippen LogP contribution in [-0.4, -0.2) is 137 Å². The summed E-state index contributed by atoms with van der Waals surface area (Å²) >= 11 is 0. The third kappa shape index (κ3) is 5.08. The topological polar surface area (TPSA) is 213 Å². The van der Waals surface area contributed by atoms with E-state index in [-0.39, 0.29) is 37.7 Å². The fourth-order valence-corrected chi connectivity index (χ4v) is 5.91. The van der Waals surface area contributed by atoms with Crippen molar-refractivity contribution in [3.8, 4) is 0 Å². The third-order valence-electron chi connectivity index (χ3n) is 7.78. The number of aliphatic hydroxyl groups is 11. The number of hydrogen-bond acceptors (Lipinski definition) is 11. The largest absolute Gasteiger partial charge is 0.427 e. The molecule has 4 rings (SSSR count). The molecule has 0 amide bonds. The van der Waals surface area contributed by atoms with Gasteiger partial charge in [0.15, 0.2) is 18.5 Å². The van der Waals surface area contributed by atoms with E-state index >= 15 is 0 Å². The van der Waals surface area contributed by atoms with Gasteiger partial charge in [-0.25, -0.2) is 0 Å². The van der Waals surface area contributed by atoms with Crippen LogP contribution in [0.25, 0.3) is 0 Å². The molecule has 2 aliphatic carbocycles. The molecule has 12 heteroatoms. The molecule has 0 aromatic heterocycles. The number of hydrogen-bond donors (Lipinski definition) is 9. The fraction of sp³-hybridized carbons (Fsp3) is 1.00. The molecule has 13 atom stereocenters. The standard InChI is InChI=1S/C21H36O12/c22-6-15-17(28)18(29)19(30)21(33-15)32-14-5-9-10(24)3-8(23)4-13(9)31-20(14)7-1-11(25)16(27)12(26)2-7/h7-30H,1-6H2/p+1/t7?,8?,9?,10?,11?,12?,13?,14?,15-,16?,17-,18+,19-,20?,21+/m0/s1. The molecule has 33 heavy (non-hydrogen) atoms. The van der Waals surface area contributed by atoms with E-state index < -0.39 is 86.0 Å². The van der Waals surface area contributed by atoms with Crippen molar-refractivity contribution in [3.63, 3.8) is 0 Å². The lowest BCUT2D eigenvalue weighted by Crippen LogP contribution is -2.63. The van der Waals surface area contributed by atoms with E-state index in [1.165, 1.54) is 0 Å². The molecule has 0 aromatic rings. The maximum absolute atomic E-state index is 10.5. The van der Waals surface area contributed by atoms with Crippen molar-refractivity contribution in [1.29, 1.82) is 0 Å². The first-order valence-corrected chi connectivity index (χ1v) is 11.7. The summed E-state index contributed by atoms with van der Waals surface area (Å²) in [6, 6.07) is 0. The summed E-state index contributed by atoms with van der Waals surface area (Å²) in [6.45, 7) is -0.608. The van der Waals surface area contributed by atoms with Crippen LogP contribution in [-0.2, 0) is 9.47 Å². The van der Waals surface area contributed by atoms with Crippen molar-refractivity contribution in [2.75, 3.05) is 6.61 Å². The summed E-state index contributed by atoms with van der Waals surface area (Å²) in [7, 11) is 0. The van der Waals surface area contributed by atoms with Crippen LogP contribution < -0.4 is 0 Å². The first-order valence-electron chi connectivity index (χ1n) is 11.7. The quantitative estimate of drug-likeness (QED) is 0.174. The van der Waals surface area contributed by atoms with E-state index in [9.17, 15) is 46.0 Å². The number of ether oxygens (including phenoxy) is 3. The highest BCUT2D eigenvalue weighted by Crippen LogP contribution is 2.42. The van der Waals surface area contributed by atoms with Crippen LogP contribution in [0.1, 0.15) is 32.1 Å². The molecule has 10 N–H and O–H groups in total. The minimum Gasteiger partial charge on any atom is -0.427 e. The highest BCUT2D eigenvalue weighted by atomic mass is 16.7. The molecule has 0 aromatic carbocycles. The molecule has 0 radical (unpaired) electrons. The number of rotatable bonds is 4. The summed E-state index contributed by atoms with van der Waals surface area (Å²) in [5.41, 5.74) is 0. The molecule has 2 aliphatic heterocycles. The second-order valence-electron chi connectivity index (χ2n) is 10.0. The smallest absolute Gasteiger partial charge is 0.187 e. The second-order valence-corrected chi connectivity index (χ2v) is 10.0. The van der Waals surface area contributed by atoms with Crippen molar-refractivity contribution in [2.45, 2.75) is 112 Å². The molecule has 192 valence electrons. The maximum Gasteiger partial charge on any atom is 0.187 e. The first-order chi connectivity index (χ1) is 15.6. The monoisotopic (exact) mass is 481 g/mol. The van der Waals surface area contributed by atoms with E-state index in [1.807, 2.05) is 0 Å². The summed E-state index contributed by atoms with van der Waals surface area (Å²) in [4.78, 5) is 0. The molecular formula is C21H37O12+.